The van der Waals surface area contributed by atoms with Gasteiger partial charge in [0.15, 0.2) is 17.2 Å². The third-order valence-corrected chi connectivity index (χ3v) is 7.96. The number of aromatic nitrogens is 3. The molecule has 3 heterocycles. The van der Waals surface area contributed by atoms with Crippen LogP contribution in [0, 0.1) is 12.7 Å². The number of nitrogens with one attached hydrogen (secondary N) is 1. The largest absolute Gasteiger partial charge is 0.477 e. The Hall–Kier alpha value is -5.14. The maximum atomic E-state index is 13.9. The minimum atomic E-state index is -1.39. The molecule has 0 bridgehead atoms. The van der Waals surface area contributed by atoms with E-state index in [1.165, 1.54) is 6.08 Å². The van der Waals surface area contributed by atoms with E-state index in [4.69, 9.17) is 10.5 Å². The standard InChI is InChI=1S/C22H19FN4O5.C11H14N2O.ClH/c1-3-8-32-22(31)13-4-5-14-12(11(13)2)6-7-16(14)26-20(28)18-9-17(21(29)30)25-19-15(23)10-24-27(18)19;12-8-9-3-1-4-10(7-9)13-6-2-5-11(13)14;/h3-5,9-10,16H,1,6-8H2,2H3,(H,26,28)(H,29,30);1,3-4,7H,2,5-6,8,12H2;1H/t16-;;/m0../s1. The van der Waals surface area contributed by atoms with Crippen LogP contribution < -0.4 is 16.0 Å². The van der Waals surface area contributed by atoms with Gasteiger partial charge in [0.05, 0.1) is 17.8 Å². The molecule has 1 aliphatic carbocycles. The van der Waals surface area contributed by atoms with Crippen LogP contribution in [0.25, 0.3) is 5.65 Å². The van der Waals surface area contributed by atoms with Gasteiger partial charge in [-0.25, -0.2) is 23.5 Å². The number of carbonyl (C=O) groups excluding carboxylic acids is 3. The average molecular weight is 665 g/mol. The summed E-state index contributed by atoms with van der Waals surface area (Å²) in [4.78, 5) is 53.6. The summed E-state index contributed by atoms with van der Waals surface area (Å²) in [6.45, 7) is 6.82. The maximum absolute atomic E-state index is 13.9. The first-order valence-corrected chi connectivity index (χ1v) is 14.7. The van der Waals surface area contributed by atoms with Crippen molar-refractivity contribution in [3.63, 3.8) is 0 Å². The zero-order valence-electron chi connectivity index (χ0n) is 25.6. The van der Waals surface area contributed by atoms with Crippen LogP contribution in [-0.2, 0) is 22.5 Å². The number of amides is 2. The van der Waals surface area contributed by atoms with Gasteiger partial charge in [-0.3, -0.25) is 9.59 Å². The number of halogens is 2. The van der Waals surface area contributed by atoms with Crippen molar-refractivity contribution in [1.82, 2.24) is 19.9 Å². The molecule has 1 saturated heterocycles. The van der Waals surface area contributed by atoms with E-state index in [-0.39, 0.29) is 42.3 Å². The Balaban J connectivity index is 0.000000279. The predicted molar refractivity (Wildman–Crippen MR) is 173 cm³/mol. The second-order valence-corrected chi connectivity index (χ2v) is 10.8. The average Bonchev–Trinajstić information content (AvgIpc) is 3.78. The summed E-state index contributed by atoms with van der Waals surface area (Å²) in [5.41, 5.74) is 9.67. The molecular formula is C33H34ClFN6O6. The number of hydrogen-bond donors (Lipinski definition) is 3. The number of benzene rings is 2. The number of carboxylic acids is 1. The fraction of sp³-hybridized carbons (Fsp3) is 0.273. The molecule has 12 nitrogen and oxygen atoms in total. The van der Waals surface area contributed by atoms with Crippen molar-refractivity contribution >= 4 is 47.5 Å². The topological polar surface area (TPSA) is 169 Å². The molecule has 2 amide bonds. The Bertz CT molecular complexity index is 1860. The summed E-state index contributed by atoms with van der Waals surface area (Å²) in [7, 11) is 0. The van der Waals surface area contributed by atoms with Gasteiger partial charge in [-0.15, -0.1) is 12.4 Å². The maximum Gasteiger partial charge on any atom is 0.354 e. The lowest BCUT2D eigenvalue weighted by molar-refractivity contribution is -0.117. The number of carboxylic acid groups (broad SMARTS) is 1. The number of fused-ring (bicyclic) bond motifs is 2. The molecule has 1 aliphatic heterocycles. The Kier molecular flexibility index (Phi) is 11.1. The highest BCUT2D eigenvalue weighted by Crippen LogP contribution is 2.35. The molecule has 4 aromatic rings. The number of anilines is 1. The van der Waals surface area contributed by atoms with Crippen molar-refractivity contribution in [2.45, 2.75) is 45.2 Å². The molecule has 0 unspecified atom stereocenters. The van der Waals surface area contributed by atoms with E-state index in [1.54, 1.807) is 12.1 Å². The Morgan fingerprint density at radius 3 is 2.68 bits per heavy atom. The molecule has 47 heavy (non-hydrogen) atoms. The van der Waals surface area contributed by atoms with Crippen LogP contribution in [0.2, 0.25) is 0 Å². The van der Waals surface area contributed by atoms with Gasteiger partial charge in [-0.05, 0) is 66.6 Å². The van der Waals surface area contributed by atoms with E-state index >= 15 is 0 Å². The summed E-state index contributed by atoms with van der Waals surface area (Å²) >= 11 is 0. The monoisotopic (exact) mass is 664 g/mol. The number of nitrogens with zero attached hydrogens (tertiary/aromatic N) is 4. The molecule has 6 rings (SSSR count). The van der Waals surface area contributed by atoms with Gasteiger partial charge < -0.3 is 25.8 Å². The second kappa shape index (κ2) is 15.0. The zero-order chi connectivity index (χ0) is 33.0. The van der Waals surface area contributed by atoms with E-state index in [1.807, 2.05) is 36.1 Å². The molecule has 4 N–H and O–H groups in total. The fourth-order valence-electron chi connectivity index (χ4n) is 5.68. The number of nitrogens with two attached hydrogens (primary N) is 1. The van der Waals surface area contributed by atoms with E-state index < -0.39 is 29.4 Å². The molecule has 14 heteroatoms. The Morgan fingerprint density at radius 1 is 1.21 bits per heavy atom. The van der Waals surface area contributed by atoms with Crippen LogP contribution in [-0.4, -0.2) is 56.6 Å². The first kappa shape index (κ1) is 34.7. The number of rotatable bonds is 8. The molecular weight excluding hydrogens is 631 g/mol. The first-order chi connectivity index (χ1) is 22.1. The van der Waals surface area contributed by atoms with E-state index in [9.17, 15) is 28.7 Å². The molecule has 2 aliphatic rings. The molecule has 2 aromatic carbocycles. The lowest BCUT2D eigenvalue weighted by Gasteiger charge is -2.16. The summed E-state index contributed by atoms with van der Waals surface area (Å²) in [5, 5.41) is 15.9. The molecule has 1 fully saturated rings. The molecule has 0 radical (unpaired) electrons. The van der Waals surface area contributed by atoms with Crippen molar-refractivity contribution in [3.8, 4) is 0 Å². The third-order valence-electron chi connectivity index (χ3n) is 7.96. The van der Waals surface area contributed by atoms with Gasteiger partial charge in [0.1, 0.15) is 12.3 Å². The molecule has 1 atom stereocenters. The summed E-state index contributed by atoms with van der Waals surface area (Å²) in [5.74, 6) is -3.06. The second-order valence-electron chi connectivity index (χ2n) is 10.8. The lowest BCUT2D eigenvalue weighted by Crippen LogP contribution is -2.29. The Labute approximate surface area is 275 Å². The summed E-state index contributed by atoms with van der Waals surface area (Å²) < 4.78 is 20.0. The van der Waals surface area contributed by atoms with E-state index in [2.05, 4.69) is 22.0 Å². The van der Waals surface area contributed by atoms with Gasteiger partial charge in [0.25, 0.3) is 5.91 Å². The molecule has 0 saturated carbocycles. The van der Waals surface area contributed by atoms with Crippen molar-refractivity contribution in [2.24, 2.45) is 5.73 Å². The Morgan fingerprint density at radius 2 is 2.00 bits per heavy atom. The van der Waals surface area contributed by atoms with Crippen molar-refractivity contribution in [3.05, 3.63) is 106 Å². The number of aromatic carboxylic acids is 1. The third kappa shape index (κ3) is 7.31. The van der Waals surface area contributed by atoms with Gasteiger partial charge in [-0.1, -0.05) is 30.9 Å². The van der Waals surface area contributed by atoms with Crippen molar-refractivity contribution < 1.29 is 33.4 Å². The van der Waals surface area contributed by atoms with E-state index in [0.29, 0.717) is 31.4 Å². The van der Waals surface area contributed by atoms with Crippen LogP contribution in [0.15, 0.2) is 61.3 Å². The number of carbonyl (C=O) groups is 4. The summed E-state index contributed by atoms with van der Waals surface area (Å²) in [6.07, 6.45) is 5.21. The zero-order valence-corrected chi connectivity index (χ0v) is 26.4. The lowest BCUT2D eigenvalue weighted by atomic mass is 9.98. The summed E-state index contributed by atoms with van der Waals surface area (Å²) in [6, 6.07) is 12.0. The van der Waals surface area contributed by atoms with Crippen LogP contribution in [0.3, 0.4) is 0 Å². The minimum absolute atomic E-state index is 0. The molecule has 246 valence electrons. The number of hydrogen-bond acceptors (Lipinski definition) is 8. The van der Waals surface area contributed by atoms with Crippen LogP contribution in [0.4, 0.5) is 10.1 Å². The van der Waals surface area contributed by atoms with E-state index in [0.717, 1.165) is 57.7 Å². The van der Waals surface area contributed by atoms with Gasteiger partial charge >= 0.3 is 11.9 Å². The quantitative estimate of drug-likeness (QED) is 0.183. The van der Waals surface area contributed by atoms with Crippen molar-refractivity contribution in [1.29, 1.82) is 0 Å². The van der Waals surface area contributed by atoms with Crippen LogP contribution >= 0.6 is 12.4 Å². The normalized spacial score (nSPS) is 14.9. The van der Waals surface area contributed by atoms with Crippen LogP contribution in [0.5, 0.6) is 0 Å². The fourth-order valence-corrected chi connectivity index (χ4v) is 5.68. The van der Waals surface area contributed by atoms with Crippen molar-refractivity contribution in [2.75, 3.05) is 18.1 Å². The first-order valence-electron chi connectivity index (χ1n) is 14.7. The predicted octanol–water partition coefficient (Wildman–Crippen LogP) is 4.33. The molecule has 2 aromatic heterocycles. The SMILES string of the molecule is C=CCOC(=O)c1ccc2c(c1C)CC[C@@H]2NC(=O)c1cc(C(=O)O)nc2c(F)cnn12.Cl.NCc1cccc(N2CCCC2=O)c1. The highest BCUT2D eigenvalue weighted by Gasteiger charge is 2.29. The van der Waals surface area contributed by atoms with Gasteiger partial charge in [-0.2, -0.15) is 5.10 Å². The van der Waals surface area contributed by atoms with Gasteiger partial charge in [0.2, 0.25) is 5.91 Å². The van der Waals surface area contributed by atoms with Crippen LogP contribution in [0.1, 0.15) is 78.9 Å². The number of ether oxygens (including phenoxy) is 1. The smallest absolute Gasteiger partial charge is 0.354 e. The number of esters is 1. The highest BCUT2D eigenvalue weighted by atomic mass is 35.5. The van der Waals surface area contributed by atoms with Gasteiger partial charge in [0, 0.05) is 31.3 Å². The minimum Gasteiger partial charge on any atom is -0.477 e. The highest BCUT2D eigenvalue weighted by molar-refractivity contribution is 5.97. The molecule has 0 spiro atoms.